The van der Waals surface area contributed by atoms with E-state index in [9.17, 15) is 0 Å². The molecule has 0 spiro atoms. The number of nitrogens with two attached hydrogens (primary N) is 1. The molecule has 0 bridgehead atoms. The third-order valence-electron chi connectivity index (χ3n) is 3.83. The Morgan fingerprint density at radius 3 is 2.53 bits per heavy atom. The first-order valence-electron chi connectivity index (χ1n) is 7.14. The SMILES string of the molecule is CC(C)CC(CNC1CCCC(N)C1)N(C)C. The summed E-state index contributed by atoms with van der Waals surface area (Å²) in [6, 6.07) is 1.71. The molecule has 0 saturated heterocycles. The number of hydrogen-bond acceptors (Lipinski definition) is 3. The van der Waals surface area contributed by atoms with E-state index in [1.54, 1.807) is 0 Å². The largest absolute Gasteiger partial charge is 0.328 e. The molecule has 3 atom stereocenters. The fraction of sp³-hybridized carbons (Fsp3) is 1.00. The molecule has 3 nitrogen and oxygen atoms in total. The quantitative estimate of drug-likeness (QED) is 0.745. The average molecular weight is 241 g/mol. The number of rotatable bonds is 6. The molecule has 0 radical (unpaired) electrons. The smallest absolute Gasteiger partial charge is 0.0217 e. The van der Waals surface area contributed by atoms with Crippen molar-refractivity contribution in [3.63, 3.8) is 0 Å². The molecule has 0 aromatic carbocycles. The van der Waals surface area contributed by atoms with Crippen LogP contribution in [-0.2, 0) is 0 Å². The van der Waals surface area contributed by atoms with Crippen LogP contribution in [-0.4, -0.2) is 43.7 Å². The second-order valence-corrected chi connectivity index (χ2v) is 6.28. The summed E-state index contributed by atoms with van der Waals surface area (Å²) < 4.78 is 0. The summed E-state index contributed by atoms with van der Waals surface area (Å²) in [6.45, 7) is 5.70. The van der Waals surface area contributed by atoms with Gasteiger partial charge >= 0.3 is 0 Å². The molecule has 17 heavy (non-hydrogen) atoms. The molecule has 3 heteroatoms. The van der Waals surface area contributed by atoms with E-state index in [4.69, 9.17) is 5.73 Å². The molecule has 1 aliphatic carbocycles. The Morgan fingerprint density at radius 2 is 2.00 bits per heavy atom. The van der Waals surface area contributed by atoms with E-state index in [-0.39, 0.29) is 0 Å². The van der Waals surface area contributed by atoms with E-state index in [0.29, 0.717) is 18.1 Å². The van der Waals surface area contributed by atoms with Gasteiger partial charge in [-0.1, -0.05) is 20.3 Å². The molecule has 0 aromatic rings. The van der Waals surface area contributed by atoms with Gasteiger partial charge in [-0.05, 0) is 45.7 Å². The molecular weight excluding hydrogens is 210 g/mol. The maximum atomic E-state index is 6.02. The van der Waals surface area contributed by atoms with Gasteiger partial charge in [0, 0.05) is 24.7 Å². The van der Waals surface area contributed by atoms with Crippen LogP contribution in [0.3, 0.4) is 0 Å². The zero-order valence-electron chi connectivity index (χ0n) is 12.1. The van der Waals surface area contributed by atoms with E-state index < -0.39 is 0 Å². The van der Waals surface area contributed by atoms with Crippen LogP contribution in [0.2, 0.25) is 0 Å². The van der Waals surface area contributed by atoms with Gasteiger partial charge in [0.2, 0.25) is 0 Å². The average Bonchev–Trinajstić information content (AvgIpc) is 2.23. The van der Waals surface area contributed by atoms with Crippen molar-refractivity contribution >= 4 is 0 Å². The molecule has 1 rings (SSSR count). The molecule has 0 heterocycles. The van der Waals surface area contributed by atoms with Crippen molar-refractivity contribution < 1.29 is 0 Å². The van der Waals surface area contributed by atoms with Gasteiger partial charge in [0.05, 0.1) is 0 Å². The molecule has 0 aromatic heterocycles. The van der Waals surface area contributed by atoms with Crippen molar-refractivity contribution in [2.45, 2.75) is 64.1 Å². The van der Waals surface area contributed by atoms with Gasteiger partial charge in [-0.3, -0.25) is 0 Å². The third kappa shape index (κ3) is 5.84. The van der Waals surface area contributed by atoms with Crippen LogP contribution < -0.4 is 11.1 Å². The molecule has 1 fully saturated rings. The van der Waals surface area contributed by atoms with Crippen molar-refractivity contribution in [2.24, 2.45) is 11.7 Å². The van der Waals surface area contributed by atoms with Crippen molar-refractivity contribution in [1.82, 2.24) is 10.2 Å². The predicted octanol–water partition coefficient (Wildman–Crippen LogP) is 1.82. The Labute approximate surface area is 107 Å². The molecule has 1 saturated carbocycles. The van der Waals surface area contributed by atoms with Crippen LogP contribution in [0.1, 0.15) is 46.0 Å². The second-order valence-electron chi connectivity index (χ2n) is 6.28. The summed E-state index contributed by atoms with van der Waals surface area (Å²) >= 11 is 0. The van der Waals surface area contributed by atoms with E-state index in [0.717, 1.165) is 18.9 Å². The van der Waals surface area contributed by atoms with Gasteiger partial charge in [-0.15, -0.1) is 0 Å². The number of likely N-dealkylation sites (N-methyl/N-ethyl adjacent to an activating group) is 1. The Balaban J connectivity index is 2.30. The topological polar surface area (TPSA) is 41.3 Å². The van der Waals surface area contributed by atoms with Gasteiger partial charge in [0.25, 0.3) is 0 Å². The highest BCUT2D eigenvalue weighted by molar-refractivity contribution is 4.82. The molecule has 3 unspecified atom stereocenters. The van der Waals surface area contributed by atoms with Crippen LogP contribution in [0.15, 0.2) is 0 Å². The standard InChI is InChI=1S/C14H31N3/c1-11(2)8-14(17(3)4)10-16-13-7-5-6-12(15)9-13/h11-14,16H,5-10,15H2,1-4H3. The number of hydrogen-bond donors (Lipinski definition) is 2. The van der Waals surface area contributed by atoms with Crippen LogP contribution in [0, 0.1) is 5.92 Å². The van der Waals surface area contributed by atoms with Crippen LogP contribution in [0.25, 0.3) is 0 Å². The summed E-state index contributed by atoms with van der Waals surface area (Å²) in [6.07, 6.45) is 6.22. The maximum Gasteiger partial charge on any atom is 0.0217 e. The minimum atomic E-state index is 0.421. The van der Waals surface area contributed by atoms with E-state index in [1.165, 1.54) is 25.7 Å². The summed E-state index contributed by atoms with van der Waals surface area (Å²) in [7, 11) is 4.36. The number of nitrogens with zero attached hydrogens (tertiary/aromatic N) is 1. The van der Waals surface area contributed by atoms with Crippen LogP contribution in [0.5, 0.6) is 0 Å². The lowest BCUT2D eigenvalue weighted by Crippen LogP contribution is -2.45. The lowest BCUT2D eigenvalue weighted by Gasteiger charge is -2.32. The van der Waals surface area contributed by atoms with Crippen molar-refractivity contribution in [2.75, 3.05) is 20.6 Å². The van der Waals surface area contributed by atoms with Gasteiger partial charge < -0.3 is 16.0 Å². The Morgan fingerprint density at radius 1 is 1.29 bits per heavy atom. The summed E-state index contributed by atoms with van der Waals surface area (Å²) in [5.74, 6) is 0.762. The van der Waals surface area contributed by atoms with Crippen LogP contribution in [0.4, 0.5) is 0 Å². The fourth-order valence-electron chi connectivity index (χ4n) is 2.74. The Bertz CT molecular complexity index is 204. The molecule has 1 aliphatic rings. The normalized spacial score (nSPS) is 27.7. The third-order valence-corrected chi connectivity index (χ3v) is 3.83. The lowest BCUT2D eigenvalue weighted by molar-refractivity contribution is 0.229. The second kappa shape index (κ2) is 7.34. The first kappa shape index (κ1) is 14.9. The fourth-order valence-corrected chi connectivity index (χ4v) is 2.74. The summed E-state index contributed by atoms with van der Waals surface area (Å²) in [5.41, 5.74) is 6.02. The van der Waals surface area contributed by atoms with E-state index in [2.05, 4.69) is 38.2 Å². The van der Waals surface area contributed by atoms with E-state index in [1.807, 2.05) is 0 Å². The summed E-state index contributed by atoms with van der Waals surface area (Å²) in [5, 5.41) is 3.72. The van der Waals surface area contributed by atoms with Crippen molar-refractivity contribution in [3.8, 4) is 0 Å². The highest BCUT2D eigenvalue weighted by atomic mass is 15.1. The van der Waals surface area contributed by atoms with Crippen LogP contribution >= 0.6 is 0 Å². The maximum absolute atomic E-state index is 6.02. The first-order valence-corrected chi connectivity index (χ1v) is 7.14. The highest BCUT2D eigenvalue weighted by Gasteiger charge is 2.20. The molecule has 3 N–H and O–H groups in total. The van der Waals surface area contributed by atoms with Gasteiger partial charge in [0.1, 0.15) is 0 Å². The zero-order valence-corrected chi connectivity index (χ0v) is 12.1. The monoisotopic (exact) mass is 241 g/mol. The number of nitrogens with one attached hydrogen (secondary N) is 1. The van der Waals surface area contributed by atoms with Gasteiger partial charge in [-0.2, -0.15) is 0 Å². The molecule has 0 aliphatic heterocycles. The van der Waals surface area contributed by atoms with E-state index >= 15 is 0 Å². The Hall–Kier alpha value is -0.120. The minimum Gasteiger partial charge on any atom is -0.328 e. The zero-order chi connectivity index (χ0) is 12.8. The lowest BCUT2D eigenvalue weighted by atomic mass is 9.91. The molecule has 0 amide bonds. The first-order chi connectivity index (χ1) is 7.99. The Kier molecular flexibility index (Phi) is 6.45. The molecular formula is C14H31N3. The highest BCUT2D eigenvalue weighted by Crippen LogP contribution is 2.17. The van der Waals surface area contributed by atoms with Crippen molar-refractivity contribution in [1.29, 1.82) is 0 Å². The summed E-state index contributed by atoms with van der Waals surface area (Å²) in [4.78, 5) is 2.34. The van der Waals surface area contributed by atoms with Gasteiger partial charge in [-0.25, -0.2) is 0 Å². The van der Waals surface area contributed by atoms with Crippen molar-refractivity contribution in [3.05, 3.63) is 0 Å². The van der Waals surface area contributed by atoms with Gasteiger partial charge in [0.15, 0.2) is 0 Å². The predicted molar refractivity (Wildman–Crippen MR) is 75.2 cm³/mol. The molecule has 102 valence electrons. The minimum absolute atomic E-state index is 0.421.